The fourth-order valence-electron chi connectivity index (χ4n) is 1.55. The highest BCUT2D eigenvalue weighted by molar-refractivity contribution is 7.90. The molecule has 0 radical (unpaired) electrons. The molecule has 1 heterocycles. The maximum absolute atomic E-state index is 11.4. The first-order valence-electron chi connectivity index (χ1n) is 5.58. The van der Waals surface area contributed by atoms with Crippen LogP contribution >= 0.6 is 0 Å². The fourth-order valence-corrected chi connectivity index (χ4v) is 2.20. The van der Waals surface area contributed by atoms with E-state index in [1.54, 1.807) is 30.5 Å². The van der Waals surface area contributed by atoms with Crippen molar-refractivity contribution in [3.05, 3.63) is 48.2 Å². The summed E-state index contributed by atoms with van der Waals surface area (Å²) in [6.45, 7) is 0.305. The largest absolute Gasteiger partial charge is 0.489 e. The molecule has 0 amide bonds. The molecule has 0 fully saturated rings. The summed E-state index contributed by atoms with van der Waals surface area (Å²) in [5.74, 6) is 0.921. The Kier molecular flexibility index (Phi) is 3.71. The van der Waals surface area contributed by atoms with Gasteiger partial charge in [0.05, 0.1) is 4.90 Å². The Bertz CT molecular complexity index is 684. The number of pyridine rings is 1. The minimum absolute atomic E-state index is 0.235. The van der Waals surface area contributed by atoms with Gasteiger partial charge in [0.15, 0.2) is 9.84 Å². The third-order valence-corrected chi connectivity index (χ3v) is 3.59. The number of anilines is 1. The van der Waals surface area contributed by atoms with E-state index in [9.17, 15) is 8.42 Å². The third-order valence-electron chi connectivity index (χ3n) is 2.48. The summed E-state index contributed by atoms with van der Waals surface area (Å²) in [5.41, 5.74) is 6.44. The van der Waals surface area contributed by atoms with E-state index < -0.39 is 9.84 Å². The van der Waals surface area contributed by atoms with Crippen molar-refractivity contribution in [2.75, 3.05) is 12.0 Å². The molecule has 0 aliphatic rings. The van der Waals surface area contributed by atoms with E-state index in [1.807, 2.05) is 0 Å². The Balaban J connectivity index is 2.12. The first-order chi connectivity index (χ1) is 8.95. The molecule has 0 saturated carbocycles. The summed E-state index contributed by atoms with van der Waals surface area (Å²) < 4.78 is 28.4. The van der Waals surface area contributed by atoms with Gasteiger partial charge in [0.1, 0.15) is 18.2 Å². The van der Waals surface area contributed by atoms with Crippen LogP contribution in [0, 0.1) is 0 Å². The second-order valence-electron chi connectivity index (χ2n) is 4.12. The van der Waals surface area contributed by atoms with Gasteiger partial charge >= 0.3 is 0 Å². The Morgan fingerprint density at radius 2 is 2.05 bits per heavy atom. The molecular weight excluding hydrogens is 264 g/mol. The van der Waals surface area contributed by atoms with Crippen molar-refractivity contribution in [3.8, 4) is 5.75 Å². The highest BCUT2D eigenvalue weighted by Gasteiger charge is 2.07. The second kappa shape index (κ2) is 5.27. The van der Waals surface area contributed by atoms with Crippen LogP contribution in [0.25, 0.3) is 0 Å². The van der Waals surface area contributed by atoms with E-state index >= 15 is 0 Å². The zero-order valence-electron chi connectivity index (χ0n) is 10.4. The Hall–Kier alpha value is -2.08. The molecule has 0 saturated heterocycles. The number of nitrogens with two attached hydrogens (primary N) is 1. The van der Waals surface area contributed by atoms with Crippen LogP contribution in [0.1, 0.15) is 5.56 Å². The molecule has 1 aromatic heterocycles. The van der Waals surface area contributed by atoms with Crippen molar-refractivity contribution < 1.29 is 13.2 Å². The monoisotopic (exact) mass is 278 g/mol. The molecule has 2 N–H and O–H groups in total. The summed E-state index contributed by atoms with van der Waals surface area (Å²) in [5, 5.41) is 0. The molecule has 2 rings (SSSR count). The SMILES string of the molecule is CS(=O)(=O)c1cccc(OCc2ccnc(N)c2)c1. The molecule has 0 aliphatic carbocycles. The fraction of sp³-hybridized carbons (Fsp3) is 0.154. The first kappa shape index (κ1) is 13.4. The molecule has 5 nitrogen and oxygen atoms in total. The minimum atomic E-state index is -3.22. The molecular formula is C13H14N2O3S. The molecule has 0 unspecified atom stereocenters. The van der Waals surface area contributed by atoms with E-state index in [-0.39, 0.29) is 4.90 Å². The number of sulfone groups is 1. The van der Waals surface area contributed by atoms with Gasteiger partial charge < -0.3 is 10.5 Å². The van der Waals surface area contributed by atoms with Crippen molar-refractivity contribution in [2.45, 2.75) is 11.5 Å². The van der Waals surface area contributed by atoms with Gasteiger partial charge in [-0.15, -0.1) is 0 Å². The van der Waals surface area contributed by atoms with E-state index in [0.29, 0.717) is 18.2 Å². The van der Waals surface area contributed by atoms with Gasteiger partial charge in [-0.25, -0.2) is 13.4 Å². The first-order valence-corrected chi connectivity index (χ1v) is 7.47. The van der Waals surface area contributed by atoms with Gasteiger partial charge in [0.2, 0.25) is 0 Å². The molecule has 0 atom stereocenters. The summed E-state index contributed by atoms with van der Waals surface area (Å²) in [4.78, 5) is 4.12. The number of ether oxygens (including phenoxy) is 1. The number of hydrogen-bond acceptors (Lipinski definition) is 5. The van der Waals surface area contributed by atoms with Crippen molar-refractivity contribution in [1.82, 2.24) is 4.98 Å². The summed E-state index contributed by atoms with van der Waals surface area (Å²) in [6, 6.07) is 9.88. The third kappa shape index (κ3) is 3.69. The lowest BCUT2D eigenvalue weighted by Crippen LogP contribution is -2.00. The molecule has 1 aromatic carbocycles. The number of rotatable bonds is 4. The van der Waals surface area contributed by atoms with Gasteiger partial charge in [0.25, 0.3) is 0 Å². The van der Waals surface area contributed by atoms with Crippen LogP contribution in [-0.4, -0.2) is 19.7 Å². The van der Waals surface area contributed by atoms with Crippen molar-refractivity contribution in [3.63, 3.8) is 0 Å². The second-order valence-corrected chi connectivity index (χ2v) is 6.14. The van der Waals surface area contributed by atoms with Crippen molar-refractivity contribution >= 4 is 15.7 Å². The molecule has 2 aromatic rings. The lowest BCUT2D eigenvalue weighted by atomic mass is 10.3. The van der Waals surface area contributed by atoms with Gasteiger partial charge in [-0.1, -0.05) is 6.07 Å². The normalized spacial score (nSPS) is 11.2. The number of hydrogen-bond donors (Lipinski definition) is 1. The Morgan fingerprint density at radius 3 is 2.74 bits per heavy atom. The average Bonchev–Trinajstić information content (AvgIpc) is 2.36. The van der Waals surface area contributed by atoms with Crippen LogP contribution in [0.3, 0.4) is 0 Å². The van der Waals surface area contributed by atoms with E-state index in [2.05, 4.69) is 4.98 Å². The Morgan fingerprint density at radius 1 is 1.26 bits per heavy atom. The van der Waals surface area contributed by atoms with E-state index in [1.165, 1.54) is 12.1 Å². The number of nitrogens with zero attached hydrogens (tertiary/aromatic N) is 1. The van der Waals surface area contributed by atoms with Crippen LogP contribution in [0.15, 0.2) is 47.5 Å². The van der Waals surface area contributed by atoms with Gasteiger partial charge in [-0.3, -0.25) is 0 Å². The lowest BCUT2D eigenvalue weighted by molar-refractivity contribution is 0.305. The molecule has 0 spiro atoms. The quantitative estimate of drug-likeness (QED) is 0.919. The Labute approximate surface area is 112 Å². The van der Waals surface area contributed by atoms with Crippen LogP contribution in [0.2, 0.25) is 0 Å². The van der Waals surface area contributed by atoms with Crippen LogP contribution in [-0.2, 0) is 16.4 Å². The standard InChI is InChI=1S/C13H14N2O3S/c1-19(16,17)12-4-2-3-11(8-12)18-9-10-5-6-15-13(14)7-10/h2-8H,9H2,1H3,(H2,14,15). The highest BCUT2D eigenvalue weighted by atomic mass is 32.2. The van der Waals surface area contributed by atoms with Crippen molar-refractivity contribution in [1.29, 1.82) is 0 Å². The van der Waals surface area contributed by atoms with Gasteiger partial charge in [-0.05, 0) is 35.9 Å². The average molecular weight is 278 g/mol. The molecule has 100 valence electrons. The van der Waals surface area contributed by atoms with Crippen LogP contribution in [0.4, 0.5) is 5.82 Å². The maximum atomic E-state index is 11.4. The topological polar surface area (TPSA) is 82.3 Å². The van der Waals surface area contributed by atoms with E-state index in [0.717, 1.165) is 11.8 Å². The van der Waals surface area contributed by atoms with Crippen molar-refractivity contribution in [2.24, 2.45) is 0 Å². The molecule has 0 bridgehead atoms. The highest BCUT2D eigenvalue weighted by Crippen LogP contribution is 2.18. The van der Waals surface area contributed by atoms with Gasteiger partial charge in [-0.2, -0.15) is 0 Å². The number of nitrogen functional groups attached to an aromatic ring is 1. The lowest BCUT2D eigenvalue weighted by Gasteiger charge is -2.07. The minimum Gasteiger partial charge on any atom is -0.489 e. The summed E-state index contributed by atoms with van der Waals surface area (Å²) in [6.07, 6.45) is 2.76. The molecule has 19 heavy (non-hydrogen) atoms. The number of aromatic nitrogens is 1. The zero-order valence-corrected chi connectivity index (χ0v) is 11.2. The summed E-state index contributed by atoms with van der Waals surface area (Å²) >= 11 is 0. The van der Waals surface area contributed by atoms with E-state index in [4.69, 9.17) is 10.5 Å². The predicted molar refractivity (Wildman–Crippen MR) is 72.5 cm³/mol. The van der Waals surface area contributed by atoms with Gasteiger partial charge in [0, 0.05) is 12.5 Å². The zero-order chi connectivity index (χ0) is 13.9. The van der Waals surface area contributed by atoms with Crippen LogP contribution in [0.5, 0.6) is 5.75 Å². The molecule has 6 heteroatoms. The van der Waals surface area contributed by atoms with Crippen LogP contribution < -0.4 is 10.5 Å². The smallest absolute Gasteiger partial charge is 0.175 e. The predicted octanol–water partition coefficient (Wildman–Crippen LogP) is 1.65. The number of benzene rings is 1. The maximum Gasteiger partial charge on any atom is 0.175 e. The summed E-state index contributed by atoms with van der Waals surface area (Å²) in [7, 11) is -3.22. The molecule has 0 aliphatic heterocycles.